The molecule has 0 atom stereocenters. The lowest BCUT2D eigenvalue weighted by Gasteiger charge is -2.07. The molecule has 0 radical (unpaired) electrons. The molecule has 2 aromatic carbocycles. The molecular formula is C21H16N4. The Labute approximate surface area is 146 Å². The van der Waals surface area contributed by atoms with Crippen LogP contribution >= 0.6 is 0 Å². The molecule has 0 saturated heterocycles. The van der Waals surface area contributed by atoms with Crippen LogP contribution < -0.4 is 0 Å². The molecule has 0 N–H and O–H groups in total. The van der Waals surface area contributed by atoms with Gasteiger partial charge in [0.25, 0.3) is 0 Å². The second kappa shape index (κ2) is 6.61. The van der Waals surface area contributed by atoms with Crippen molar-refractivity contribution in [3.05, 3.63) is 84.8 Å². The molecule has 0 aliphatic carbocycles. The van der Waals surface area contributed by atoms with Gasteiger partial charge in [-0.1, -0.05) is 60.7 Å². The summed E-state index contributed by atoms with van der Waals surface area (Å²) in [6, 6.07) is 22.0. The molecule has 0 bridgehead atoms. The first kappa shape index (κ1) is 15.1. The Balaban J connectivity index is 1.71. The number of rotatable bonds is 3. The fourth-order valence-corrected chi connectivity index (χ4v) is 2.63. The molecule has 0 spiro atoms. The van der Waals surface area contributed by atoms with Crippen LogP contribution in [-0.4, -0.2) is 19.9 Å². The Morgan fingerprint density at radius 1 is 0.600 bits per heavy atom. The highest BCUT2D eigenvalue weighted by atomic mass is 14.9. The van der Waals surface area contributed by atoms with E-state index in [4.69, 9.17) is 0 Å². The molecule has 0 aliphatic rings. The molecule has 0 aliphatic heterocycles. The lowest BCUT2D eigenvalue weighted by molar-refractivity contribution is 1.09. The average Bonchev–Trinajstić information content (AvgIpc) is 2.69. The first-order valence-electron chi connectivity index (χ1n) is 8.08. The van der Waals surface area contributed by atoms with Gasteiger partial charge in [0.15, 0.2) is 11.6 Å². The molecule has 120 valence electrons. The summed E-state index contributed by atoms with van der Waals surface area (Å²) in [5.41, 5.74) is 4.67. The summed E-state index contributed by atoms with van der Waals surface area (Å²) in [7, 11) is 0. The fraction of sp³-hybridized carbons (Fsp3) is 0.0476. The third-order valence-corrected chi connectivity index (χ3v) is 3.87. The molecular weight excluding hydrogens is 308 g/mol. The van der Waals surface area contributed by atoms with Crippen LogP contribution in [0.4, 0.5) is 0 Å². The molecule has 0 amide bonds. The van der Waals surface area contributed by atoms with Gasteiger partial charge in [0.05, 0.1) is 11.3 Å². The molecule has 2 heterocycles. The Hall–Kier alpha value is -3.40. The number of aryl methyl sites for hydroxylation is 1. The van der Waals surface area contributed by atoms with E-state index in [0.717, 1.165) is 28.1 Å². The maximum Gasteiger partial charge on any atom is 0.163 e. The van der Waals surface area contributed by atoms with Crippen LogP contribution in [0.2, 0.25) is 0 Å². The first-order valence-corrected chi connectivity index (χ1v) is 8.08. The summed E-state index contributed by atoms with van der Waals surface area (Å²) in [5, 5.41) is 0. The van der Waals surface area contributed by atoms with E-state index in [0.29, 0.717) is 11.6 Å². The predicted octanol–water partition coefficient (Wildman–Crippen LogP) is 4.58. The molecule has 2 aromatic heterocycles. The number of aromatic nitrogens is 4. The normalized spacial score (nSPS) is 10.6. The molecule has 4 heteroatoms. The molecule has 0 fully saturated rings. The Kier molecular flexibility index (Phi) is 4.01. The van der Waals surface area contributed by atoms with E-state index in [-0.39, 0.29) is 0 Å². The van der Waals surface area contributed by atoms with Crippen molar-refractivity contribution in [1.29, 1.82) is 0 Å². The zero-order valence-corrected chi connectivity index (χ0v) is 13.8. The maximum absolute atomic E-state index is 4.69. The van der Waals surface area contributed by atoms with Crippen molar-refractivity contribution in [3.8, 4) is 34.0 Å². The molecule has 4 rings (SSSR count). The molecule has 0 saturated carbocycles. The third kappa shape index (κ3) is 3.28. The standard InChI is InChI=1S/C21H16N4/c1-15-12-19(16-8-4-2-5-9-16)25-21(24-15)18-13-22-20(23-14-18)17-10-6-3-7-11-17/h2-14H,1H3. The van der Waals surface area contributed by atoms with Crippen LogP contribution in [0.15, 0.2) is 79.1 Å². The summed E-state index contributed by atoms with van der Waals surface area (Å²) < 4.78 is 0. The maximum atomic E-state index is 4.69. The van der Waals surface area contributed by atoms with Gasteiger partial charge >= 0.3 is 0 Å². The SMILES string of the molecule is Cc1cc(-c2ccccc2)nc(-c2cnc(-c3ccccc3)nc2)n1. The Morgan fingerprint density at radius 3 is 1.84 bits per heavy atom. The van der Waals surface area contributed by atoms with Crippen molar-refractivity contribution < 1.29 is 0 Å². The van der Waals surface area contributed by atoms with E-state index in [9.17, 15) is 0 Å². The zero-order chi connectivity index (χ0) is 17.1. The third-order valence-electron chi connectivity index (χ3n) is 3.87. The second-order valence-corrected chi connectivity index (χ2v) is 5.75. The minimum absolute atomic E-state index is 0.637. The van der Waals surface area contributed by atoms with E-state index < -0.39 is 0 Å². The van der Waals surface area contributed by atoms with E-state index in [1.807, 2.05) is 73.7 Å². The van der Waals surface area contributed by atoms with Crippen LogP contribution in [-0.2, 0) is 0 Å². The van der Waals surface area contributed by atoms with Gasteiger partial charge in [0, 0.05) is 29.2 Å². The van der Waals surface area contributed by atoms with Crippen molar-refractivity contribution >= 4 is 0 Å². The van der Waals surface area contributed by atoms with Gasteiger partial charge in [0.1, 0.15) is 0 Å². The van der Waals surface area contributed by atoms with Crippen molar-refractivity contribution in [2.75, 3.05) is 0 Å². The lowest BCUT2D eigenvalue weighted by atomic mass is 10.1. The summed E-state index contributed by atoms with van der Waals surface area (Å²) in [5.74, 6) is 1.33. The summed E-state index contributed by atoms with van der Waals surface area (Å²) >= 11 is 0. The van der Waals surface area contributed by atoms with E-state index in [1.165, 1.54) is 0 Å². The largest absolute Gasteiger partial charge is 0.236 e. The Morgan fingerprint density at radius 2 is 1.20 bits per heavy atom. The molecule has 4 nitrogen and oxygen atoms in total. The highest BCUT2D eigenvalue weighted by molar-refractivity contribution is 5.64. The van der Waals surface area contributed by atoms with Crippen LogP contribution in [0.3, 0.4) is 0 Å². The first-order chi connectivity index (χ1) is 12.3. The quantitative estimate of drug-likeness (QED) is 0.553. The van der Waals surface area contributed by atoms with Crippen molar-refractivity contribution in [2.45, 2.75) is 6.92 Å². The van der Waals surface area contributed by atoms with Gasteiger partial charge in [-0.05, 0) is 13.0 Å². The monoisotopic (exact) mass is 324 g/mol. The van der Waals surface area contributed by atoms with E-state index in [2.05, 4.69) is 19.9 Å². The zero-order valence-electron chi connectivity index (χ0n) is 13.8. The smallest absolute Gasteiger partial charge is 0.163 e. The number of hydrogen-bond acceptors (Lipinski definition) is 4. The van der Waals surface area contributed by atoms with Crippen molar-refractivity contribution in [2.24, 2.45) is 0 Å². The van der Waals surface area contributed by atoms with Gasteiger partial charge in [-0.2, -0.15) is 0 Å². The number of nitrogens with zero attached hydrogens (tertiary/aromatic N) is 4. The van der Waals surface area contributed by atoms with E-state index >= 15 is 0 Å². The van der Waals surface area contributed by atoms with Gasteiger partial charge in [-0.3, -0.25) is 0 Å². The van der Waals surface area contributed by atoms with Gasteiger partial charge in [-0.25, -0.2) is 19.9 Å². The predicted molar refractivity (Wildman–Crippen MR) is 98.7 cm³/mol. The van der Waals surface area contributed by atoms with Crippen molar-refractivity contribution in [3.63, 3.8) is 0 Å². The van der Waals surface area contributed by atoms with Gasteiger partial charge < -0.3 is 0 Å². The minimum atomic E-state index is 0.637. The highest BCUT2D eigenvalue weighted by Gasteiger charge is 2.08. The highest BCUT2D eigenvalue weighted by Crippen LogP contribution is 2.22. The van der Waals surface area contributed by atoms with Crippen LogP contribution in [0, 0.1) is 6.92 Å². The molecule has 0 unspecified atom stereocenters. The Bertz CT molecular complexity index is 981. The minimum Gasteiger partial charge on any atom is -0.236 e. The fourth-order valence-electron chi connectivity index (χ4n) is 2.63. The summed E-state index contributed by atoms with van der Waals surface area (Å²) in [6.07, 6.45) is 3.55. The van der Waals surface area contributed by atoms with E-state index in [1.54, 1.807) is 12.4 Å². The van der Waals surface area contributed by atoms with Crippen LogP contribution in [0.1, 0.15) is 5.69 Å². The number of hydrogen-bond donors (Lipinski definition) is 0. The number of benzene rings is 2. The lowest BCUT2D eigenvalue weighted by Crippen LogP contribution is -1.97. The summed E-state index contributed by atoms with van der Waals surface area (Å²) in [4.78, 5) is 18.2. The second-order valence-electron chi connectivity index (χ2n) is 5.75. The van der Waals surface area contributed by atoms with Gasteiger partial charge in [-0.15, -0.1) is 0 Å². The average molecular weight is 324 g/mol. The van der Waals surface area contributed by atoms with Crippen LogP contribution in [0.25, 0.3) is 34.0 Å². The van der Waals surface area contributed by atoms with Crippen molar-refractivity contribution in [1.82, 2.24) is 19.9 Å². The molecule has 4 aromatic rings. The topological polar surface area (TPSA) is 51.6 Å². The van der Waals surface area contributed by atoms with Crippen LogP contribution in [0.5, 0.6) is 0 Å². The van der Waals surface area contributed by atoms with Gasteiger partial charge in [0.2, 0.25) is 0 Å². The summed E-state index contributed by atoms with van der Waals surface area (Å²) in [6.45, 7) is 1.97. The molecule has 25 heavy (non-hydrogen) atoms.